The summed E-state index contributed by atoms with van der Waals surface area (Å²) in [5.41, 5.74) is 0.895. The fourth-order valence-electron chi connectivity index (χ4n) is 1.71. The van der Waals surface area contributed by atoms with E-state index in [1.165, 1.54) is 11.8 Å². The molecule has 0 aliphatic rings. The molecular weight excluding hydrogens is 230 g/mol. The summed E-state index contributed by atoms with van der Waals surface area (Å²) < 4.78 is 5.55. The largest absolute Gasteiger partial charge is 0.491 e. The molecule has 1 aromatic carbocycles. The van der Waals surface area contributed by atoms with Crippen molar-refractivity contribution in [2.75, 3.05) is 13.7 Å². The van der Waals surface area contributed by atoms with Gasteiger partial charge in [0.1, 0.15) is 5.75 Å². The molecule has 4 nitrogen and oxygen atoms in total. The minimum atomic E-state index is -0.310. The van der Waals surface area contributed by atoms with Crippen LogP contribution in [0.15, 0.2) is 24.3 Å². The molecule has 0 spiro atoms. The molecule has 0 heterocycles. The van der Waals surface area contributed by atoms with Crippen LogP contribution in [-0.2, 0) is 4.79 Å². The van der Waals surface area contributed by atoms with Crippen LogP contribution in [0.2, 0.25) is 0 Å². The van der Waals surface area contributed by atoms with Crippen LogP contribution in [0.3, 0.4) is 0 Å². The average molecular weight is 251 g/mol. The number of hydrogen-bond donors (Lipinski definition) is 1. The van der Waals surface area contributed by atoms with Crippen molar-refractivity contribution in [3.63, 3.8) is 0 Å². The Morgan fingerprint density at radius 3 is 2.28 bits per heavy atom. The lowest BCUT2D eigenvalue weighted by atomic mass is 10.1. The molecule has 0 aliphatic carbocycles. The first kappa shape index (κ1) is 14.5. The third-order valence-electron chi connectivity index (χ3n) is 2.77. The average Bonchev–Trinajstić information content (AvgIpc) is 2.31. The van der Waals surface area contributed by atoms with E-state index in [0.29, 0.717) is 0 Å². The maximum Gasteiger partial charge on any atom is 0.219 e. The van der Waals surface area contributed by atoms with E-state index in [4.69, 9.17) is 4.74 Å². The summed E-state index contributed by atoms with van der Waals surface area (Å²) in [6, 6.07) is 7.14. The van der Waals surface area contributed by atoms with Crippen molar-refractivity contribution in [2.24, 2.45) is 0 Å². The van der Waals surface area contributed by atoms with E-state index in [0.717, 1.165) is 11.3 Å². The molecular formula is C14H21NO3. The van der Waals surface area contributed by atoms with Crippen molar-refractivity contribution < 1.29 is 14.6 Å². The SMILES string of the molecule is CC(=O)N(C)C(CO)c1ccc(OC(C)C)cc1. The third kappa shape index (κ3) is 3.74. The van der Waals surface area contributed by atoms with Crippen LogP contribution in [0.5, 0.6) is 5.75 Å². The molecule has 0 saturated carbocycles. The summed E-state index contributed by atoms with van der Waals surface area (Å²) in [6.07, 6.45) is 0.129. The van der Waals surface area contributed by atoms with Gasteiger partial charge in [0, 0.05) is 14.0 Å². The van der Waals surface area contributed by atoms with Gasteiger partial charge in [-0.25, -0.2) is 0 Å². The number of rotatable bonds is 5. The fraction of sp³-hybridized carbons (Fsp3) is 0.500. The number of carbonyl (C=O) groups excluding carboxylic acids is 1. The highest BCUT2D eigenvalue weighted by molar-refractivity contribution is 5.73. The van der Waals surface area contributed by atoms with Crippen molar-refractivity contribution in [1.29, 1.82) is 0 Å². The van der Waals surface area contributed by atoms with E-state index < -0.39 is 0 Å². The Kier molecular flexibility index (Phi) is 5.16. The van der Waals surface area contributed by atoms with Gasteiger partial charge in [-0.15, -0.1) is 0 Å². The lowest BCUT2D eigenvalue weighted by Gasteiger charge is -2.26. The highest BCUT2D eigenvalue weighted by atomic mass is 16.5. The molecule has 4 heteroatoms. The summed E-state index contributed by atoms with van der Waals surface area (Å²) in [7, 11) is 1.68. The van der Waals surface area contributed by atoms with Gasteiger partial charge in [0.05, 0.1) is 18.8 Å². The van der Waals surface area contributed by atoms with E-state index in [1.807, 2.05) is 38.1 Å². The van der Waals surface area contributed by atoms with Gasteiger partial charge in [-0.1, -0.05) is 12.1 Å². The second-order valence-corrected chi connectivity index (χ2v) is 4.56. The van der Waals surface area contributed by atoms with Crippen LogP contribution in [0, 0.1) is 0 Å². The highest BCUT2D eigenvalue weighted by Crippen LogP contribution is 2.22. The Morgan fingerprint density at radius 1 is 1.33 bits per heavy atom. The molecule has 0 fully saturated rings. The molecule has 0 aliphatic heterocycles. The second kappa shape index (κ2) is 6.40. The topological polar surface area (TPSA) is 49.8 Å². The molecule has 1 aromatic rings. The number of aliphatic hydroxyl groups excluding tert-OH is 1. The standard InChI is InChI=1S/C14H21NO3/c1-10(2)18-13-7-5-12(6-8-13)14(9-16)15(4)11(3)17/h5-8,10,14,16H,9H2,1-4H3. The Labute approximate surface area is 108 Å². The Morgan fingerprint density at radius 2 is 1.89 bits per heavy atom. The first-order chi connectivity index (χ1) is 8.45. The molecule has 1 atom stereocenters. The zero-order valence-corrected chi connectivity index (χ0v) is 11.4. The highest BCUT2D eigenvalue weighted by Gasteiger charge is 2.18. The second-order valence-electron chi connectivity index (χ2n) is 4.56. The van der Waals surface area contributed by atoms with Gasteiger partial charge in [-0.05, 0) is 31.5 Å². The van der Waals surface area contributed by atoms with E-state index in [9.17, 15) is 9.90 Å². The molecule has 1 amide bonds. The summed E-state index contributed by atoms with van der Waals surface area (Å²) in [4.78, 5) is 12.8. The zero-order valence-electron chi connectivity index (χ0n) is 11.4. The molecule has 0 saturated heterocycles. The third-order valence-corrected chi connectivity index (χ3v) is 2.77. The van der Waals surface area contributed by atoms with Crippen molar-refractivity contribution in [1.82, 2.24) is 4.90 Å². The van der Waals surface area contributed by atoms with Crippen molar-refractivity contribution >= 4 is 5.91 Å². The molecule has 100 valence electrons. The van der Waals surface area contributed by atoms with Crippen LogP contribution in [0.1, 0.15) is 32.4 Å². The van der Waals surface area contributed by atoms with Gasteiger partial charge in [0.25, 0.3) is 0 Å². The Bertz CT molecular complexity index is 387. The van der Waals surface area contributed by atoms with E-state index in [2.05, 4.69) is 0 Å². The van der Waals surface area contributed by atoms with Crippen LogP contribution < -0.4 is 4.74 Å². The monoisotopic (exact) mass is 251 g/mol. The predicted octanol–water partition coefficient (Wildman–Crippen LogP) is 1.99. The van der Waals surface area contributed by atoms with Crippen LogP contribution >= 0.6 is 0 Å². The summed E-state index contributed by atoms with van der Waals surface area (Å²) in [5, 5.41) is 9.39. The maximum atomic E-state index is 11.3. The zero-order chi connectivity index (χ0) is 13.7. The molecule has 0 radical (unpaired) electrons. The minimum absolute atomic E-state index is 0.0726. The fourth-order valence-corrected chi connectivity index (χ4v) is 1.71. The summed E-state index contributed by atoms with van der Waals surface area (Å²) in [6.45, 7) is 5.32. The van der Waals surface area contributed by atoms with Gasteiger partial charge in [-0.2, -0.15) is 0 Å². The van der Waals surface area contributed by atoms with Crippen LogP contribution in [-0.4, -0.2) is 35.7 Å². The quantitative estimate of drug-likeness (QED) is 0.870. The van der Waals surface area contributed by atoms with Gasteiger partial charge < -0.3 is 14.7 Å². The lowest BCUT2D eigenvalue weighted by molar-refractivity contribution is -0.130. The number of ether oxygens (including phenoxy) is 1. The first-order valence-corrected chi connectivity index (χ1v) is 6.06. The summed E-state index contributed by atoms with van der Waals surface area (Å²) in [5.74, 6) is 0.715. The van der Waals surface area contributed by atoms with Gasteiger partial charge >= 0.3 is 0 Å². The normalized spacial score (nSPS) is 12.3. The van der Waals surface area contributed by atoms with Crippen LogP contribution in [0.4, 0.5) is 0 Å². The van der Waals surface area contributed by atoms with Gasteiger partial charge in [-0.3, -0.25) is 4.79 Å². The first-order valence-electron chi connectivity index (χ1n) is 6.06. The van der Waals surface area contributed by atoms with Crippen molar-refractivity contribution in [3.8, 4) is 5.75 Å². The predicted molar refractivity (Wildman–Crippen MR) is 70.5 cm³/mol. The number of benzene rings is 1. The number of aliphatic hydroxyl groups is 1. The van der Waals surface area contributed by atoms with Crippen molar-refractivity contribution in [3.05, 3.63) is 29.8 Å². The minimum Gasteiger partial charge on any atom is -0.491 e. The molecule has 1 unspecified atom stereocenters. The van der Waals surface area contributed by atoms with Crippen molar-refractivity contribution in [2.45, 2.75) is 32.9 Å². The number of nitrogens with zero attached hydrogens (tertiary/aromatic N) is 1. The van der Waals surface area contributed by atoms with E-state index in [-0.39, 0.29) is 24.7 Å². The van der Waals surface area contributed by atoms with E-state index in [1.54, 1.807) is 7.05 Å². The number of amides is 1. The molecule has 0 aromatic heterocycles. The molecule has 0 bridgehead atoms. The number of likely N-dealkylation sites (N-methyl/N-ethyl adjacent to an activating group) is 1. The van der Waals surface area contributed by atoms with Gasteiger partial charge in [0.15, 0.2) is 0 Å². The van der Waals surface area contributed by atoms with Crippen LogP contribution in [0.25, 0.3) is 0 Å². The lowest BCUT2D eigenvalue weighted by Crippen LogP contribution is -2.31. The maximum absolute atomic E-state index is 11.3. The number of hydrogen-bond acceptors (Lipinski definition) is 3. The smallest absolute Gasteiger partial charge is 0.219 e. The number of carbonyl (C=O) groups is 1. The van der Waals surface area contributed by atoms with Gasteiger partial charge in [0.2, 0.25) is 5.91 Å². The van der Waals surface area contributed by atoms with E-state index >= 15 is 0 Å². The Balaban J connectivity index is 2.85. The summed E-state index contributed by atoms with van der Waals surface area (Å²) >= 11 is 0. The molecule has 18 heavy (non-hydrogen) atoms. The molecule has 1 N–H and O–H groups in total. The Hall–Kier alpha value is -1.55. The molecule has 1 rings (SSSR count).